The number of carbonyl (C=O) groups is 2. The van der Waals surface area contributed by atoms with Crippen molar-refractivity contribution >= 4 is 93.0 Å². The summed E-state index contributed by atoms with van der Waals surface area (Å²) in [5.74, 6) is -2.31. The van der Waals surface area contributed by atoms with E-state index >= 15 is 0 Å². The molecule has 12 heteroatoms. The number of thiol groups is 2. The van der Waals surface area contributed by atoms with Crippen LogP contribution in [0.3, 0.4) is 0 Å². The zero-order chi connectivity index (χ0) is 11.1. The van der Waals surface area contributed by atoms with Crippen molar-refractivity contribution in [1.29, 1.82) is 0 Å². The fourth-order valence-electron chi connectivity index (χ4n) is 0.462. The summed E-state index contributed by atoms with van der Waals surface area (Å²) in [5.41, 5.74) is 0. The molecule has 0 fully saturated rings. The molecule has 16 heavy (non-hydrogen) atoms. The summed E-state index contributed by atoms with van der Waals surface area (Å²) in [5, 5.41) is 0. The summed E-state index contributed by atoms with van der Waals surface area (Å²) < 4.78 is 46.6. The van der Waals surface area contributed by atoms with E-state index < -0.39 is 46.8 Å². The van der Waals surface area contributed by atoms with E-state index in [-0.39, 0.29) is 59.1 Å². The van der Waals surface area contributed by atoms with Crippen LogP contribution < -0.4 is 0 Å². The van der Waals surface area contributed by atoms with Crippen LogP contribution in [0.1, 0.15) is 12.8 Å². The molecule has 0 rings (SSSR count). The van der Waals surface area contributed by atoms with Crippen molar-refractivity contribution in [3.63, 3.8) is 0 Å². The van der Waals surface area contributed by atoms with Gasteiger partial charge in [0, 0.05) is 0 Å². The first kappa shape index (κ1) is 22.1. The van der Waals surface area contributed by atoms with Gasteiger partial charge in [-0.05, 0) is 0 Å². The molecule has 0 aliphatic heterocycles. The second-order valence-electron chi connectivity index (χ2n) is 1.87. The van der Waals surface area contributed by atoms with Crippen molar-refractivity contribution in [2.75, 3.05) is 0 Å². The molecule has 0 heterocycles. The van der Waals surface area contributed by atoms with Crippen LogP contribution in [0.25, 0.3) is 0 Å². The number of carbonyl (C=O) groups excluding carboxylic acids is 2. The van der Waals surface area contributed by atoms with Gasteiger partial charge in [0.25, 0.3) is 0 Å². The fourth-order valence-corrected chi connectivity index (χ4v) is 0.977. The third-order valence-corrected chi connectivity index (χ3v) is 1.59. The number of hydrogen-bond acceptors (Lipinski definition) is 8. The van der Waals surface area contributed by atoms with Gasteiger partial charge in [-0.25, -0.2) is 0 Å². The summed E-state index contributed by atoms with van der Waals surface area (Å²) in [6, 6.07) is 0. The molecule has 0 aromatic rings. The zero-order valence-electron chi connectivity index (χ0n) is 6.57. The van der Waals surface area contributed by atoms with E-state index in [0.29, 0.717) is 0 Å². The van der Waals surface area contributed by atoms with E-state index in [1.807, 2.05) is 0 Å². The Balaban J connectivity index is -0.000000845. The van der Waals surface area contributed by atoms with Crippen molar-refractivity contribution in [2.45, 2.75) is 12.8 Å². The standard InChI is InChI=1S/C4H6O8S2.2Na.2H/c5-3(11-13(7)8)1-2-4(6)12-14(9)10;;;;/h13-14H,1-2H2;;;;. The Hall–Kier alpha value is 0.840. The molecular formula is C4H8Na2O8S2. The van der Waals surface area contributed by atoms with E-state index in [2.05, 4.69) is 8.37 Å². The SMILES string of the molecule is O=C(CCC(=O)O[SH](=O)=O)O[SH](=O)=O.[NaH].[NaH]. The molecule has 0 N–H and O–H groups in total. The van der Waals surface area contributed by atoms with Crippen molar-refractivity contribution in [3.05, 3.63) is 0 Å². The van der Waals surface area contributed by atoms with Crippen LogP contribution >= 0.6 is 0 Å². The minimum atomic E-state index is -3.31. The molecule has 0 aliphatic rings. The molecule has 0 saturated carbocycles. The summed E-state index contributed by atoms with van der Waals surface area (Å²) in [7, 11) is -6.62. The van der Waals surface area contributed by atoms with Gasteiger partial charge in [-0.1, -0.05) is 0 Å². The first-order valence-corrected chi connectivity index (χ1v) is 5.31. The van der Waals surface area contributed by atoms with Crippen LogP contribution in [0.5, 0.6) is 0 Å². The first-order chi connectivity index (χ1) is 6.41. The third-order valence-electron chi connectivity index (χ3n) is 0.886. The Kier molecular flexibility index (Phi) is 17.0. The minimum absolute atomic E-state index is 0. The Morgan fingerprint density at radius 3 is 1.19 bits per heavy atom. The van der Waals surface area contributed by atoms with Gasteiger partial charge < -0.3 is 8.37 Å². The quantitative estimate of drug-likeness (QED) is 0.398. The van der Waals surface area contributed by atoms with Gasteiger partial charge in [0.05, 0.1) is 12.8 Å². The summed E-state index contributed by atoms with van der Waals surface area (Å²) in [6.45, 7) is 0. The first-order valence-electron chi connectivity index (χ1n) is 3.12. The molecule has 0 atom stereocenters. The van der Waals surface area contributed by atoms with Crippen molar-refractivity contribution < 1.29 is 34.8 Å². The molecule has 0 bridgehead atoms. The fraction of sp³-hybridized carbons (Fsp3) is 0.500. The van der Waals surface area contributed by atoms with Crippen LogP contribution in [-0.2, 0) is 39.9 Å². The molecule has 0 aromatic carbocycles. The van der Waals surface area contributed by atoms with Crippen molar-refractivity contribution in [2.24, 2.45) is 0 Å². The Bertz CT molecular complexity index is 320. The molecule has 86 valence electrons. The van der Waals surface area contributed by atoms with Crippen LogP contribution in [-0.4, -0.2) is 87.9 Å². The normalized spacial score (nSPS) is 8.88. The van der Waals surface area contributed by atoms with Gasteiger partial charge in [0.15, 0.2) is 0 Å². The molecule has 0 spiro atoms. The molecule has 8 nitrogen and oxygen atoms in total. The molecule has 0 unspecified atom stereocenters. The molecule has 0 amide bonds. The van der Waals surface area contributed by atoms with Crippen LogP contribution in [0.15, 0.2) is 0 Å². The summed E-state index contributed by atoms with van der Waals surface area (Å²) >= 11 is 0. The predicted molar refractivity (Wildman–Crippen MR) is 56.3 cm³/mol. The van der Waals surface area contributed by atoms with Crippen molar-refractivity contribution in [1.82, 2.24) is 0 Å². The summed E-state index contributed by atoms with van der Waals surface area (Å²) in [4.78, 5) is 21.0. The molecule has 0 aliphatic carbocycles. The Morgan fingerprint density at radius 2 is 1.00 bits per heavy atom. The molecule has 0 saturated heterocycles. The van der Waals surface area contributed by atoms with Crippen LogP contribution in [0, 0.1) is 0 Å². The topological polar surface area (TPSA) is 121 Å². The monoisotopic (exact) mass is 294 g/mol. The van der Waals surface area contributed by atoms with Gasteiger partial charge in [0.1, 0.15) is 0 Å². The van der Waals surface area contributed by atoms with Crippen molar-refractivity contribution in [3.8, 4) is 0 Å². The van der Waals surface area contributed by atoms with E-state index in [1.165, 1.54) is 0 Å². The van der Waals surface area contributed by atoms with Crippen LogP contribution in [0.2, 0.25) is 0 Å². The second-order valence-corrected chi connectivity index (χ2v) is 3.13. The van der Waals surface area contributed by atoms with Gasteiger partial charge in [-0.2, -0.15) is 16.8 Å². The molecule has 0 radical (unpaired) electrons. The molecular weight excluding hydrogens is 286 g/mol. The maximum absolute atomic E-state index is 10.5. The zero-order valence-corrected chi connectivity index (χ0v) is 8.36. The van der Waals surface area contributed by atoms with E-state index in [9.17, 15) is 26.4 Å². The third kappa shape index (κ3) is 14.8. The van der Waals surface area contributed by atoms with Gasteiger partial charge in [-0.3, -0.25) is 9.59 Å². The van der Waals surface area contributed by atoms with E-state index in [4.69, 9.17) is 0 Å². The maximum atomic E-state index is 10.5. The second kappa shape index (κ2) is 12.3. The van der Waals surface area contributed by atoms with Gasteiger partial charge in [-0.15, -0.1) is 0 Å². The van der Waals surface area contributed by atoms with Crippen LogP contribution in [0.4, 0.5) is 0 Å². The van der Waals surface area contributed by atoms with E-state index in [0.717, 1.165) is 0 Å². The number of hydrogen-bond donors (Lipinski definition) is 2. The predicted octanol–water partition coefficient (Wildman–Crippen LogP) is -3.39. The number of rotatable bonds is 5. The Labute approximate surface area is 139 Å². The average Bonchev–Trinajstić information content (AvgIpc) is 1.98. The summed E-state index contributed by atoms with van der Waals surface area (Å²) in [6.07, 6.45) is -1.13. The average molecular weight is 294 g/mol. The van der Waals surface area contributed by atoms with Gasteiger partial charge >= 0.3 is 93.0 Å². The Morgan fingerprint density at radius 1 is 0.750 bits per heavy atom. The van der Waals surface area contributed by atoms with E-state index in [1.54, 1.807) is 0 Å². The van der Waals surface area contributed by atoms with Gasteiger partial charge in [0.2, 0.25) is 0 Å². The molecule has 0 aromatic heterocycles.